The molecule has 3 heterocycles. The van der Waals surface area contributed by atoms with Crippen LogP contribution < -0.4 is 20.9 Å². The molecule has 3 N–H and O–H groups in total. The van der Waals surface area contributed by atoms with Crippen molar-refractivity contribution in [2.75, 3.05) is 28.6 Å². The van der Waals surface area contributed by atoms with Crippen LogP contribution in [-0.2, 0) is 4.79 Å². The van der Waals surface area contributed by atoms with Crippen molar-refractivity contribution in [1.82, 2.24) is 15.3 Å². The highest BCUT2D eigenvalue weighted by Crippen LogP contribution is 2.33. The van der Waals surface area contributed by atoms with E-state index in [0.29, 0.717) is 36.5 Å². The maximum Gasteiger partial charge on any atom is 0.229 e. The highest BCUT2D eigenvalue weighted by Gasteiger charge is 2.24. The molecule has 31 heavy (non-hydrogen) atoms. The number of carbonyl (C=O) groups is 1. The molecule has 1 saturated carbocycles. The lowest BCUT2D eigenvalue weighted by Crippen LogP contribution is -2.44. The van der Waals surface area contributed by atoms with Gasteiger partial charge in [0.25, 0.3) is 0 Å². The van der Waals surface area contributed by atoms with Crippen molar-refractivity contribution in [2.45, 2.75) is 44.7 Å². The summed E-state index contributed by atoms with van der Waals surface area (Å²) in [6.07, 6.45) is 3.94. The first-order chi connectivity index (χ1) is 15.0. The Morgan fingerprint density at radius 3 is 2.65 bits per heavy atom. The van der Waals surface area contributed by atoms with Crippen molar-refractivity contribution >= 4 is 50.6 Å². The van der Waals surface area contributed by atoms with E-state index >= 15 is 0 Å². The van der Waals surface area contributed by atoms with Crippen molar-refractivity contribution < 1.29 is 9.18 Å². The zero-order valence-electron chi connectivity index (χ0n) is 17.3. The summed E-state index contributed by atoms with van der Waals surface area (Å²) in [6.45, 7) is 2.95. The predicted octanol–water partition coefficient (Wildman–Crippen LogP) is 4.25. The topological polar surface area (TPSA) is 82.2 Å². The van der Waals surface area contributed by atoms with Gasteiger partial charge < -0.3 is 20.9 Å². The fourth-order valence-corrected chi connectivity index (χ4v) is 4.74. The van der Waals surface area contributed by atoms with Gasteiger partial charge in [0, 0.05) is 37.8 Å². The summed E-state index contributed by atoms with van der Waals surface area (Å²) in [6, 6.07) is 7.76. The van der Waals surface area contributed by atoms with Crippen molar-refractivity contribution in [2.24, 2.45) is 0 Å². The number of hydrogen-bond acceptors (Lipinski definition) is 7. The van der Waals surface area contributed by atoms with Crippen molar-refractivity contribution in [3.63, 3.8) is 0 Å². The van der Waals surface area contributed by atoms with Crippen LogP contribution in [0.15, 0.2) is 29.6 Å². The maximum absolute atomic E-state index is 14.9. The minimum atomic E-state index is -0.282. The van der Waals surface area contributed by atoms with Gasteiger partial charge in [0.1, 0.15) is 11.6 Å². The lowest BCUT2D eigenvalue weighted by atomic mass is 10.0. The van der Waals surface area contributed by atoms with Gasteiger partial charge >= 0.3 is 0 Å². The molecular weight excluding hydrogens is 415 g/mol. The van der Waals surface area contributed by atoms with Gasteiger partial charge in [0.05, 0.1) is 15.9 Å². The van der Waals surface area contributed by atoms with Crippen LogP contribution in [0.2, 0.25) is 0 Å². The Hall–Kier alpha value is -2.94. The van der Waals surface area contributed by atoms with Gasteiger partial charge in [-0.2, -0.15) is 4.98 Å². The molecule has 1 saturated heterocycles. The SMILES string of the molecule is CC(=O)NC1CCN(c2ccc(Nc3nc(NC4CC4)c4sccc4n3)cc2F)CC1. The third-order valence-electron chi connectivity index (χ3n) is 5.67. The number of amides is 1. The first kappa shape index (κ1) is 20.0. The molecule has 1 aliphatic heterocycles. The molecular formula is C22H25FN6OS. The lowest BCUT2D eigenvalue weighted by molar-refractivity contribution is -0.119. The van der Waals surface area contributed by atoms with Crippen LogP contribution in [0, 0.1) is 5.82 Å². The van der Waals surface area contributed by atoms with E-state index < -0.39 is 0 Å². The van der Waals surface area contributed by atoms with Crippen molar-refractivity contribution in [1.29, 1.82) is 0 Å². The largest absolute Gasteiger partial charge is 0.369 e. The van der Waals surface area contributed by atoms with Gasteiger partial charge in [-0.25, -0.2) is 9.37 Å². The van der Waals surface area contributed by atoms with Crippen LogP contribution in [0.5, 0.6) is 0 Å². The number of hydrogen-bond donors (Lipinski definition) is 3. The third-order valence-corrected chi connectivity index (χ3v) is 6.58. The molecule has 1 aromatic carbocycles. The van der Waals surface area contributed by atoms with E-state index in [9.17, 15) is 9.18 Å². The second-order valence-corrected chi connectivity index (χ2v) is 9.12. The Bertz CT molecular complexity index is 1110. The van der Waals surface area contributed by atoms with Crippen molar-refractivity contribution in [3.8, 4) is 0 Å². The molecule has 0 atom stereocenters. The molecule has 162 valence electrons. The first-order valence-electron chi connectivity index (χ1n) is 10.7. The average molecular weight is 441 g/mol. The summed E-state index contributed by atoms with van der Waals surface area (Å²) in [5.41, 5.74) is 2.07. The molecule has 2 aliphatic rings. The highest BCUT2D eigenvalue weighted by molar-refractivity contribution is 7.17. The molecule has 0 spiro atoms. The van der Waals surface area contributed by atoms with Gasteiger partial charge in [0.15, 0.2) is 0 Å². The van der Waals surface area contributed by atoms with Gasteiger partial charge in [-0.05, 0) is 55.3 Å². The standard InChI is InChI=1S/C22H25FN6OS/c1-13(30)24-15-6-9-29(10-7-15)19-5-4-16(12-17(19)23)26-22-27-18-8-11-31-20(18)21(28-22)25-14-2-3-14/h4-5,8,11-12,14-15H,2-3,6-7,9-10H2,1H3,(H,24,30)(H2,25,26,27,28). The van der Waals surface area contributed by atoms with E-state index in [-0.39, 0.29) is 17.8 Å². The monoisotopic (exact) mass is 440 g/mol. The summed E-state index contributed by atoms with van der Waals surface area (Å²) >= 11 is 1.62. The molecule has 1 aliphatic carbocycles. The molecule has 2 aromatic heterocycles. The number of nitrogens with zero attached hydrogens (tertiary/aromatic N) is 3. The fraction of sp³-hybridized carbons (Fsp3) is 0.409. The summed E-state index contributed by atoms with van der Waals surface area (Å²) in [5.74, 6) is 0.996. The summed E-state index contributed by atoms with van der Waals surface area (Å²) in [4.78, 5) is 22.5. The third kappa shape index (κ3) is 4.56. The molecule has 9 heteroatoms. The quantitative estimate of drug-likeness (QED) is 0.532. The first-order valence-corrected chi connectivity index (χ1v) is 11.5. The summed E-state index contributed by atoms with van der Waals surface area (Å²) in [7, 11) is 0. The molecule has 5 rings (SSSR count). The molecule has 0 radical (unpaired) electrons. The Kier molecular flexibility index (Phi) is 5.35. The number of carbonyl (C=O) groups excluding carboxylic acids is 1. The number of benzene rings is 1. The van der Waals surface area contributed by atoms with E-state index in [1.165, 1.54) is 13.0 Å². The smallest absolute Gasteiger partial charge is 0.229 e. The fourth-order valence-electron chi connectivity index (χ4n) is 3.96. The number of aromatic nitrogens is 2. The Morgan fingerprint density at radius 2 is 1.94 bits per heavy atom. The maximum atomic E-state index is 14.9. The molecule has 2 fully saturated rings. The molecule has 0 bridgehead atoms. The van der Waals surface area contributed by atoms with Gasteiger partial charge in [-0.15, -0.1) is 11.3 Å². The number of piperidine rings is 1. The second kappa shape index (κ2) is 8.30. The number of halogens is 1. The van der Waals surface area contributed by atoms with Crippen LogP contribution in [0.3, 0.4) is 0 Å². The average Bonchev–Trinajstić information content (AvgIpc) is 3.42. The zero-order valence-corrected chi connectivity index (χ0v) is 18.1. The van der Waals surface area contributed by atoms with E-state index in [1.807, 2.05) is 22.4 Å². The number of thiophene rings is 1. The Balaban J connectivity index is 1.30. The zero-order chi connectivity index (χ0) is 21.4. The number of rotatable bonds is 6. The van der Waals surface area contributed by atoms with Gasteiger partial charge in [-0.1, -0.05) is 0 Å². The molecule has 0 unspecified atom stereocenters. The number of nitrogens with one attached hydrogen (secondary N) is 3. The van der Waals surface area contributed by atoms with E-state index in [0.717, 1.165) is 41.7 Å². The highest BCUT2D eigenvalue weighted by atomic mass is 32.1. The molecule has 1 amide bonds. The van der Waals surface area contributed by atoms with Crippen LogP contribution in [-0.4, -0.2) is 41.0 Å². The van der Waals surface area contributed by atoms with Gasteiger partial charge in [-0.3, -0.25) is 4.79 Å². The normalized spacial score (nSPS) is 17.0. The molecule has 7 nitrogen and oxygen atoms in total. The van der Waals surface area contributed by atoms with Crippen LogP contribution in [0.4, 0.5) is 27.5 Å². The van der Waals surface area contributed by atoms with E-state index in [2.05, 4.69) is 25.9 Å². The van der Waals surface area contributed by atoms with E-state index in [4.69, 9.17) is 0 Å². The number of anilines is 4. The number of fused-ring (bicyclic) bond motifs is 1. The summed E-state index contributed by atoms with van der Waals surface area (Å²) in [5, 5.41) is 11.6. The predicted molar refractivity (Wildman–Crippen MR) is 123 cm³/mol. The van der Waals surface area contributed by atoms with Gasteiger partial charge in [0.2, 0.25) is 11.9 Å². The lowest BCUT2D eigenvalue weighted by Gasteiger charge is -2.34. The summed E-state index contributed by atoms with van der Waals surface area (Å²) < 4.78 is 15.9. The molecule has 3 aromatic rings. The Morgan fingerprint density at radius 1 is 1.13 bits per heavy atom. The second-order valence-electron chi connectivity index (χ2n) is 8.20. The van der Waals surface area contributed by atoms with Crippen molar-refractivity contribution in [3.05, 3.63) is 35.5 Å². The minimum absolute atomic E-state index is 0.0154. The van der Waals surface area contributed by atoms with Crippen LogP contribution in [0.25, 0.3) is 10.2 Å². The van der Waals surface area contributed by atoms with Crippen LogP contribution >= 0.6 is 11.3 Å². The van der Waals surface area contributed by atoms with E-state index in [1.54, 1.807) is 17.4 Å². The van der Waals surface area contributed by atoms with Crippen LogP contribution in [0.1, 0.15) is 32.6 Å². The minimum Gasteiger partial charge on any atom is -0.369 e. The Labute approximate surface area is 184 Å².